The molecular formula is C24H22N4O4S. The van der Waals surface area contributed by atoms with E-state index in [1.807, 2.05) is 24.3 Å². The van der Waals surface area contributed by atoms with Gasteiger partial charge in [-0.2, -0.15) is 5.26 Å². The molecule has 0 radical (unpaired) electrons. The van der Waals surface area contributed by atoms with Crippen molar-refractivity contribution in [3.05, 3.63) is 69.5 Å². The molecule has 0 bridgehead atoms. The smallest absolute Gasteiger partial charge is 0.340 e. The monoisotopic (exact) mass is 462 g/mol. The number of carbonyl (C=O) groups excluding carboxylic acids is 3. The number of aromatic amines is 1. The molecule has 0 unspecified atom stereocenters. The van der Waals surface area contributed by atoms with Gasteiger partial charge < -0.3 is 9.72 Å². The van der Waals surface area contributed by atoms with Crippen molar-refractivity contribution in [1.82, 2.24) is 9.97 Å². The maximum absolute atomic E-state index is 13.2. The van der Waals surface area contributed by atoms with Crippen molar-refractivity contribution in [3.8, 4) is 6.07 Å². The number of nitrogens with zero attached hydrogens (tertiary/aromatic N) is 3. The second-order valence-electron chi connectivity index (χ2n) is 7.09. The molecule has 8 nitrogen and oxygen atoms in total. The van der Waals surface area contributed by atoms with Gasteiger partial charge in [0.25, 0.3) is 0 Å². The van der Waals surface area contributed by atoms with Gasteiger partial charge in [0, 0.05) is 23.7 Å². The molecule has 33 heavy (non-hydrogen) atoms. The summed E-state index contributed by atoms with van der Waals surface area (Å²) in [6.07, 6.45) is 1.35. The van der Waals surface area contributed by atoms with E-state index >= 15 is 0 Å². The zero-order valence-corrected chi connectivity index (χ0v) is 19.4. The van der Waals surface area contributed by atoms with Crippen LogP contribution in [0.1, 0.15) is 51.6 Å². The number of Topliss-reactive ketones (excluding diaryl/α,β-unsaturated/α-hetero) is 1. The van der Waals surface area contributed by atoms with Gasteiger partial charge in [-0.05, 0) is 39.0 Å². The summed E-state index contributed by atoms with van der Waals surface area (Å²) in [7, 11) is 0. The Kier molecular flexibility index (Phi) is 7.20. The zero-order chi connectivity index (χ0) is 24.1. The predicted molar refractivity (Wildman–Crippen MR) is 126 cm³/mol. The number of H-pyrrole nitrogens is 1. The van der Waals surface area contributed by atoms with E-state index in [4.69, 9.17) is 4.74 Å². The predicted octanol–water partition coefficient (Wildman–Crippen LogP) is 4.74. The Bertz CT molecular complexity index is 1280. The second kappa shape index (κ2) is 10.1. The average molecular weight is 463 g/mol. The third kappa shape index (κ3) is 4.91. The first kappa shape index (κ1) is 23.6. The molecule has 1 amide bonds. The van der Waals surface area contributed by atoms with Gasteiger partial charge in [-0.3, -0.25) is 14.5 Å². The van der Waals surface area contributed by atoms with Crippen LogP contribution in [-0.4, -0.2) is 34.2 Å². The van der Waals surface area contributed by atoms with Gasteiger partial charge in [0.2, 0.25) is 11.7 Å². The summed E-state index contributed by atoms with van der Waals surface area (Å²) in [6, 6.07) is 11.0. The Morgan fingerprint density at radius 3 is 2.45 bits per heavy atom. The zero-order valence-electron chi connectivity index (χ0n) is 18.6. The maximum atomic E-state index is 13.2. The number of rotatable bonds is 7. The lowest BCUT2D eigenvalue weighted by Crippen LogP contribution is -2.22. The number of carbonyl (C=O) groups is 3. The van der Waals surface area contributed by atoms with E-state index in [1.54, 1.807) is 38.3 Å². The fourth-order valence-electron chi connectivity index (χ4n) is 3.40. The summed E-state index contributed by atoms with van der Waals surface area (Å²) in [5.41, 5.74) is 1.99. The van der Waals surface area contributed by atoms with E-state index in [0.29, 0.717) is 27.9 Å². The molecule has 3 aromatic rings. The minimum Gasteiger partial charge on any atom is -0.462 e. The van der Waals surface area contributed by atoms with E-state index < -0.39 is 11.8 Å². The van der Waals surface area contributed by atoms with E-state index in [9.17, 15) is 19.6 Å². The standard InChI is InChI=1S/C24H22N4O4S/c1-5-32-23(31)21-15(3)26-14(2)20(21)22(30)17(12-25)11-18-13-33-24(27-18)28(16(4)29)19-9-7-6-8-10-19/h6-11,13,26H,5H2,1-4H3/b17-11+. The van der Waals surface area contributed by atoms with Crippen LogP contribution in [0.4, 0.5) is 10.8 Å². The maximum Gasteiger partial charge on any atom is 0.340 e. The topological polar surface area (TPSA) is 116 Å². The average Bonchev–Trinajstić information content (AvgIpc) is 3.35. The molecule has 168 valence electrons. The quantitative estimate of drug-likeness (QED) is 0.235. The molecule has 9 heteroatoms. The van der Waals surface area contributed by atoms with Gasteiger partial charge >= 0.3 is 5.97 Å². The lowest BCUT2D eigenvalue weighted by Gasteiger charge is -2.17. The molecular weight excluding hydrogens is 440 g/mol. The van der Waals surface area contributed by atoms with E-state index in [1.165, 1.54) is 29.2 Å². The number of benzene rings is 1. The summed E-state index contributed by atoms with van der Waals surface area (Å²) >= 11 is 1.21. The number of aromatic nitrogens is 2. The molecule has 1 N–H and O–H groups in total. The molecule has 0 saturated heterocycles. The van der Waals surface area contributed by atoms with Crippen LogP contribution in [0.15, 0.2) is 41.3 Å². The SMILES string of the molecule is CCOC(=O)c1c(C)[nH]c(C)c1C(=O)/C(C#N)=C/c1csc(N(C(C)=O)c2ccccc2)n1. The third-order valence-corrected chi connectivity index (χ3v) is 5.61. The first-order valence-electron chi connectivity index (χ1n) is 10.1. The highest BCUT2D eigenvalue weighted by Gasteiger charge is 2.27. The van der Waals surface area contributed by atoms with Crippen LogP contribution in [0.25, 0.3) is 6.08 Å². The molecule has 3 rings (SSSR count). The van der Waals surface area contributed by atoms with E-state index in [-0.39, 0.29) is 29.2 Å². The number of aryl methyl sites for hydroxylation is 2. The van der Waals surface area contributed by atoms with Gasteiger partial charge in [-0.15, -0.1) is 11.3 Å². The van der Waals surface area contributed by atoms with Crippen molar-refractivity contribution >= 4 is 45.9 Å². The van der Waals surface area contributed by atoms with Crippen LogP contribution in [0, 0.1) is 25.2 Å². The van der Waals surface area contributed by atoms with Crippen LogP contribution >= 0.6 is 11.3 Å². The number of amides is 1. The van der Waals surface area contributed by atoms with Crippen molar-refractivity contribution in [2.45, 2.75) is 27.7 Å². The Morgan fingerprint density at radius 1 is 1.18 bits per heavy atom. The summed E-state index contributed by atoms with van der Waals surface area (Å²) < 4.78 is 5.08. The molecule has 0 fully saturated rings. The van der Waals surface area contributed by atoms with E-state index in [0.717, 1.165) is 0 Å². The van der Waals surface area contributed by atoms with Gasteiger partial charge in [-0.1, -0.05) is 18.2 Å². The van der Waals surface area contributed by atoms with Crippen LogP contribution in [-0.2, 0) is 9.53 Å². The number of ketones is 1. The largest absolute Gasteiger partial charge is 0.462 e. The number of anilines is 2. The number of ether oxygens (including phenoxy) is 1. The number of hydrogen-bond donors (Lipinski definition) is 1. The lowest BCUT2D eigenvalue weighted by molar-refractivity contribution is -0.115. The van der Waals surface area contributed by atoms with Crippen molar-refractivity contribution in [3.63, 3.8) is 0 Å². The Hall–Kier alpha value is -4.03. The first-order chi connectivity index (χ1) is 15.8. The number of hydrogen-bond acceptors (Lipinski definition) is 7. The molecule has 2 aromatic heterocycles. The third-order valence-electron chi connectivity index (χ3n) is 4.77. The van der Waals surface area contributed by atoms with Crippen LogP contribution in [0.3, 0.4) is 0 Å². The van der Waals surface area contributed by atoms with Gasteiger partial charge in [0.1, 0.15) is 11.6 Å². The number of nitrogens with one attached hydrogen (secondary N) is 1. The number of thiazole rings is 1. The highest BCUT2D eigenvalue weighted by molar-refractivity contribution is 7.14. The fraction of sp³-hybridized carbons (Fsp3) is 0.208. The van der Waals surface area contributed by atoms with Crippen molar-refractivity contribution < 1.29 is 19.1 Å². The molecule has 0 aliphatic rings. The molecule has 0 aliphatic heterocycles. The summed E-state index contributed by atoms with van der Waals surface area (Å²) in [5, 5.41) is 11.7. The van der Waals surface area contributed by atoms with Crippen molar-refractivity contribution in [1.29, 1.82) is 5.26 Å². The van der Waals surface area contributed by atoms with Crippen LogP contribution in [0.5, 0.6) is 0 Å². The molecule has 2 heterocycles. The minimum atomic E-state index is -0.629. The van der Waals surface area contributed by atoms with Crippen LogP contribution < -0.4 is 4.90 Å². The Labute approximate surface area is 195 Å². The molecule has 0 atom stereocenters. The van der Waals surface area contributed by atoms with Gasteiger partial charge in [0.15, 0.2) is 5.13 Å². The highest BCUT2D eigenvalue weighted by Crippen LogP contribution is 2.30. The molecule has 0 saturated carbocycles. The summed E-state index contributed by atoms with van der Waals surface area (Å²) in [6.45, 7) is 6.59. The normalized spacial score (nSPS) is 11.1. The summed E-state index contributed by atoms with van der Waals surface area (Å²) in [5.74, 6) is -1.46. The highest BCUT2D eigenvalue weighted by atomic mass is 32.1. The number of allylic oxidation sites excluding steroid dienone is 1. The summed E-state index contributed by atoms with van der Waals surface area (Å²) in [4.78, 5) is 46.7. The van der Waals surface area contributed by atoms with E-state index in [2.05, 4.69) is 9.97 Å². The molecule has 0 aliphatic carbocycles. The van der Waals surface area contributed by atoms with Gasteiger partial charge in [-0.25, -0.2) is 9.78 Å². The van der Waals surface area contributed by atoms with Crippen molar-refractivity contribution in [2.24, 2.45) is 0 Å². The number of para-hydroxylation sites is 1. The lowest BCUT2D eigenvalue weighted by atomic mass is 9.99. The van der Waals surface area contributed by atoms with Gasteiger partial charge in [0.05, 0.1) is 29.1 Å². The Balaban J connectivity index is 1.99. The number of nitriles is 1. The van der Waals surface area contributed by atoms with Crippen molar-refractivity contribution in [2.75, 3.05) is 11.5 Å². The fourth-order valence-corrected chi connectivity index (χ4v) is 4.25. The van der Waals surface area contributed by atoms with Crippen LogP contribution in [0.2, 0.25) is 0 Å². The number of esters is 1. The Morgan fingerprint density at radius 2 is 1.85 bits per heavy atom. The minimum absolute atomic E-state index is 0.101. The molecule has 0 spiro atoms. The first-order valence-corrected chi connectivity index (χ1v) is 11.0. The molecule has 1 aromatic carbocycles. The second-order valence-corrected chi connectivity index (χ2v) is 7.93.